The first kappa shape index (κ1) is 17.5. The predicted molar refractivity (Wildman–Crippen MR) is 95.7 cm³/mol. The smallest absolute Gasteiger partial charge is 0.337 e. The summed E-state index contributed by atoms with van der Waals surface area (Å²) in [6.45, 7) is 6.05. The monoisotopic (exact) mass is 326 g/mol. The molecule has 2 rings (SSSR count). The number of ether oxygens (including phenoxy) is 1. The lowest BCUT2D eigenvalue weighted by Crippen LogP contribution is -2.21. The zero-order chi connectivity index (χ0) is 17.5. The van der Waals surface area contributed by atoms with Crippen LogP contribution in [0.2, 0.25) is 0 Å². The molecule has 0 fully saturated rings. The van der Waals surface area contributed by atoms with Crippen LogP contribution in [0.5, 0.6) is 0 Å². The summed E-state index contributed by atoms with van der Waals surface area (Å²) in [6, 6.07) is 14.1. The Bertz CT molecular complexity index is 690. The SMILES string of the molecule is CCN(CC)c1ccc(C(=O)Nc2ccc(C(=O)OC)cc2)cc1. The van der Waals surface area contributed by atoms with Crippen molar-refractivity contribution < 1.29 is 14.3 Å². The molecule has 5 nitrogen and oxygen atoms in total. The number of carbonyl (C=O) groups is 2. The number of methoxy groups -OCH3 is 1. The lowest BCUT2D eigenvalue weighted by molar-refractivity contribution is 0.0600. The van der Waals surface area contributed by atoms with E-state index in [9.17, 15) is 9.59 Å². The molecule has 0 aliphatic rings. The van der Waals surface area contributed by atoms with Gasteiger partial charge in [0, 0.05) is 30.0 Å². The van der Waals surface area contributed by atoms with Gasteiger partial charge in [0.2, 0.25) is 0 Å². The molecular formula is C19H22N2O3. The van der Waals surface area contributed by atoms with Crippen molar-refractivity contribution in [2.75, 3.05) is 30.4 Å². The summed E-state index contributed by atoms with van der Waals surface area (Å²) in [5, 5.41) is 2.81. The number of hydrogen-bond acceptors (Lipinski definition) is 4. The maximum atomic E-state index is 12.3. The van der Waals surface area contributed by atoms with E-state index < -0.39 is 5.97 Å². The van der Waals surface area contributed by atoms with Crippen molar-refractivity contribution in [3.63, 3.8) is 0 Å². The van der Waals surface area contributed by atoms with Gasteiger partial charge in [-0.15, -0.1) is 0 Å². The molecule has 0 bridgehead atoms. The molecule has 2 aromatic carbocycles. The molecule has 0 saturated carbocycles. The van der Waals surface area contributed by atoms with Gasteiger partial charge in [0.15, 0.2) is 0 Å². The molecule has 5 heteroatoms. The molecular weight excluding hydrogens is 304 g/mol. The van der Waals surface area contributed by atoms with Gasteiger partial charge < -0.3 is 15.0 Å². The molecule has 0 atom stereocenters. The minimum atomic E-state index is -0.403. The minimum absolute atomic E-state index is 0.188. The molecule has 0 heterocycles. The van der Waals surface area contributed by atoms with Crippen LogP contribution in [-0.2, 0) is 4.74 Å². The number of carbonyl (C=O) groups excluding carboxylic acids is 2. The van der Waals surface area contributed by atoms with Crippen LogP contribution < -0.4 is 10.2 Å². The van der Waals surface area contributed by atoms with Gasteiger partial charge >= 0.3 is 5.97 Å². The highest BCUT2D eigenvalue weighted by Gasteiger charge is 2.09. The highest BCUT2D eigenvalue weighted by atomic mass is 16.5. The zero-order valence-corrected chi connectivity index (χ0v) is 14.2. The normalized spacial score (nSPS) is 10.1. The maximum absolute atomic E-state index is 12.3. The van der Waals surface area contributed by atoms with Gasteiger partial charge in [-0.05, 0) is 62.4 Å². The van der Waals surface area contributed by atoms with Gasteiger partial charge in [-0.25, -0.2) is 4.79 Å². The molecule has 24 heavy (non-hydrogen) atoms. The fourth-order valence-corrected chi connectivity index (χ4v) is 2.42. The quantitative estimate of drug-likeness (QED) is 0.825. The second kappa shape index (κ2) is 8.15. The first-order valence-corrected chi connectivity index (χ1v) is 7.93. The first-order chi connectivity index (χ1) is 11.6. The van der Waals surface area contributed by atoms with Crippen molar-refractivity contribution in [2.45, 2.75) is 13.8 Å². The van der Waals surface area contributed by atoms with Gasteiger partial charge in [0.05, 0.1) is 12.7 Å². The third-order valence-corrected chi connectivity index (χ3v) is 3.82. The number of esters is 1. The lowest BCUT2D eigenvalue weighted by atomic mass is 10.1. The van der Waals surface area contributed by atoms with E-state index in [2.05, 4.69) is 28.8 Å². The Morgan fingerprint density at radius 1 is 0.917 bits per heavy atom. The fourth-order valence-electron chi connectivity index (χ4n) is 2.42. The Labute approximate surface area is 142 Å². The third-order valence-electron chi connectivity index (χ3n) is 3.82. The molecule has 0 radical (unpaired) electrons. The molecule has 0 spiro atoms. The number of amides is 1. The van der Waals surface area contributed by atoms with E-state index in [1.807, 2.05) is 24.3 Å². The molecule has 1 amide bonds. The van der Waals surface area contributed by atoms with Gasteiger partial charge in [-0.1, -0.05) is 0 Å². The van der Waals surface area contributed by atoms with Gasteiger partial charge in [0.25, 0.3) is 5.91 Å². The summed E-state index contributed by atoms with van der Waals surface area (Å²) in [7, 11) is 1.33. The van der Waals surface area contributed by atoms with Crippen molar-refractivity contribution in [1.29, 1.82) is 0 Å². The van der Waals surface area contributed by atoms with Crippen LogP contribution in [0, 0.1) is 0 Å². The summed E-state index contributed by atoms with van der Waals surface area (Å²) >= 11 is 0. The van der Waals surface area contributed by atoms with Crippen LogP contribution in [0.15, 0.2) is 48.5 Å². The molecule has 1 N–H and O–H groups in total. The van der Waals surface area contributed by atoms with E-state index in [-0.39, 0.29) is 5.91 Å². The Balaban J connectivity index is 2.05. The van der Waals surface area contributed by atoms with E-state index in [1.54, 1.807) is 24.3 Å². The molecule has 0 aliphatic heterocycles. The molecule has 0 aromatic heterocycles. The second-order valence-corrected chi connectivity index (χ2v) is 5.24. The van der Waals surface area contributed by atoms with E-state index in [0.29, 0.717) is 16.8 Å². The van der Waals surface area contributed by atoms with Crippen molar-refractivity contribution in [3.8, 4) is 0 Å². The van der Waals surface area contributed by atoms with Crippen LogP contribution in [0.25, 0.3) is 0 Å². The van der Waals surface area contributed by atoms with E-state index >= 15 is 0 Å². The standard InChI is InChI=1S/C19H22N2O3/c1-4-21(5-2)17-12-8-14(9-13-17)18(22)20-16-10-6-15(7-11-16)19(23)24-3/h6-13H,4-5H2,1-3H3,(H,20,22). The van der Waals surface area contributed by atoms with Gasteiger partial charge in [-0.2, -0.15) is 0 Å². The predicted octanol–water partition coefficient (Wildman–Crippen LogP) is 3.57. The van der Waals surface area contributed by atoms with E-state index in [0.717, 1.165) is 18.8 Å². The third kappa shape index (κ3) is 4.13. The number of rotatable bonds is 6. The number of nitrogens with zero attached hydrogens (tertiary/aromatic N) is 1. The topological polar surface area (TPSA) is 58.6 Å². The summed E-state index contributed by atoms with van der Waals surface area (Å²) in [5.41, 5.74) is 2.75. The fraction of sp³-hybridized carbons (Fsp3) is 0.263. The lowest BCUT2D eigenvalue weighted by Gasteiger charge is -2.21. The molecule has 2 aromatic rings. The van der Waals surface area contributed by atoms with Crippen LogP contribution in [-0.4, -0.2) is 32.1 Å². The average Bonchev–Trinajstić information content (AvgIpc) is 2.63. The molecule has 0 aliphatic carbocycles. The van der Waals surface area contributed by atoms with Crippen LogP contribution in [0.1, 0.15) is 34.6 Å². The van der Waals surface area contributed by atoms with E-state index in [4.69, 9.17) is 0 Å². The van der Waals surface area contributed by atoms with Crippen LogP contribution in [0.3, 0.4) is 0 Å². The number of nitrogens with one attached hydrogen (secondary N) is 1. The summed E-state index contributed by atoms with van der Waals surface area (Å²) in [5.74, 6) is -0.591. The highest BCUT2D eigenvalue weighted by Crippen LogP contribution is 2.17. The maximum Gasteiger partial charge on any atom is 0.337 e. The van der Waals surface area contributed by atoms with Crippen molar-refractivity contribution >= 4 is 23.3 Å². The summed E-state index contributed by atoms with van der Waals surface area (Å²) in [6.07, 6.45) is 0. The van der Waals surface area contributed by atoms with Gasteiger partial charge in [0.1, 0.15) is 0 Å². The van der Waals surface area contributed by atoms with Crippen LogP contribution >= 0.6 is 0 Å². The average molecular weight is 326 g/mol. The minimum Gasteiger partial charge on any atom is -0.465 e. The first-order valence-electron chi connectivity index (χ1n) is 7.93. The Kier molecular flexibility index (Phi) is 5.95. The van der Waals surface area contributed by atoms with Gasteiger partial charge in [-0.3, -0.25) is 4.79 Å². The zero-order valence-electron chi connectivity index (χ0n) is 14.2. The van der Waals surface area contributed by atoms with Crippen molar-refractivity contribution in [2.24, 2.45) is 0 Å². The summed E-state index contributed by atoms with van der Waals surface area (Å²) < 4.78 is 4.65. The molecule has 0 unspecified atom stereocenters. The molecule has 0 saturated heterocycles. The Hall–Kier alpha value is -2.82. The van der Waals surface area contributed by atoms with Crippen LogP contribution in [0.4, 0.5) is 11.4 Å². The number of anilines is 2. The van der Waals surface area contributed by atoms with Crippen molar-refractivity contribution in [1.82, 2.24) is 0 Å². The summed E-state index contributed by atoms with van der Waals surface area (Å²) in [4.78, 5) is 25.9. The number of hydrogen-bond donors (Lipinski definition) is 1. The number of benzene rings is 2. The van der Waals surface area contributed by atoms with E-state index in [1.165, 1.54) is 7.11 Å². The largest absolute Gasteiger partial charge is 0.465 e. The Morgan fingerprint density at radius 3 is 1.96 bits per heavy atom. The highest BCUT2D eigenvalue weighted by molar-refractivity contribution is 6.04. The Morgan fingerprint density at radius 2 is 1.46 bits per heavy atom. The molecule has 126 valence electrons. The van der Waals surface area contributed by atoms with Crippen molar-refractivity contribution in [3.05, 3.63) is 59.7 Å². The second-order valence-electron chi connectivity index (χ2n) is 5.24.